The quantitative estimate of drug-likeness (QED) is 0.395. The number of nitrogens with zero attached hydrogens (tertiary/aromatic N) is 2. The highest BCUT2D eigenvalue weighted by Gasteiger charge is 2.16. The molecule has 1 amide bonds. The van der Waals surface area contributed by atoms with Crippen LogP contribution in [0.3, 0.4) is 0 Å². The molecular weight excluding hydrogens is 475 g/mol. The number of hydrogen-bond acceptors (Lipinski definition) is 6. The Morgan fingerprint density at radius 2 is 1.62 bits per heavy atom. The average molecular weight is 489 g/mol. The van der Waals surface area contributed by atoms with Crippen LogP contribution in [0.25, 0.3) is 10.6 Å². The van der Waals surface area contributed by atoms with E-state index in [1.807, 2.05) is 6.07 Å². The van der Waals surface area contributed by atoms with E-state index in [1.165, 1.54) is 47.7 Å². The molecule has 1 aromatic heterocycles. The number of carbonyl (C=O) groups is 1. The lowest BCUT2D eigenvalue weighted by Gasteiger charge is -2.09. The Morgan fingerprint density at radius 3 is 2.31 bits per heavy atom. The van der Waals surface area contributed by atoms with Crippen molar-refractivity contribution in [3.8, 4) is 10.6 Å². The number of hydrogen-bond donors (Lipinski definition) is 2. The minimum absolute atomic E-state index is 0.0775. The van der Waals surface area contributed by atoms with Gasteiger partial charge in [-0.3, -0.25) is 14.8 Å². The van der Waals surface area contributed by atoms with Gasteiger partial charge in [-0.05, 0) is 54.6 Å². The van der Waals surface area contributed by atoms with Gasteiger partial charge < -0.3 is 0 Å². The van der Waals surface area contributed by atoms with E-state index in [1.54, 1.807) is 18.2 Å². The van der Waals surface area contributed by atoms with Crippen LogP contribution in [0.5, 0.6) is 0 Å². The van der Waals surface area contributed by atoms with E-state index in [2.05, 4.69) is 20.2 Å². The van der Waals surface area contributed by atoms with Gasteiger partial charge in [0.2, 0.25) is 5.13 Å². The van der Waals surface area contributed by atoms with Crippen LogP contribution in [0.2, 0.25) is 5.02 Å². The molecule has 162 valence electrons. The van der Waals surface area contributed by atoms with Crippen molar-refractivity contribution in [2.45, 2.75) is 4.90 Å². The summed E-state index contributed by atoms with van der Waals surface area (Å²) in [7, 11) is -3.88. The van der Waals surface area contributed by atoms with E-state index < -0.39 is 21.7 Å². The highest BCUT2D eigenvalue weighted by atomic mass is 35.5. The van der Waals surface area contributed by atoms with E-state index in [0.29, 0.717) is 26.3 Å². The molecule has 0 saturated heterocycles. The molecule has 4 aromatic rings. The third-order valence-corrected chi connectivity index (χ3v) is 6.87. The molecule has 0 aliphatic carbocycles. The number of amides is 1. The van der Waals surface area contributed by atoms with Crippen molar-refractivity contribution < 1.29 is 17.6 Å². The fourth-order valence-corrected chi connectivity index (χ4v) is 4.82. The van der Waals surface area contributed by atoms with Crippen molar-refractivity contribution in [1.82, 2.24) is 10.2 Å². The summed E-state index contributed by atoms with van der Waals surface area (Å²) in [6.07, 6.45) is 0. The lowest BCUT2D eigenvalue weighted by atomic mass is 10.2. The molecule has 0 atom stereocenters. The molecule has 0 saturated carbocycles. The molecule has 0 aliphatic rings. The van der Waals surface area contributed by atoms with Crippen LogP contribution in [-0.4, -0.2) is 24.5 Å². The van der Waals surface area contributed by atoms with Gasteiger partial charge in [-0.2, -0.15) is 0 Å². The molecule has 11 heteroatoms. The molecular formula is C21H14ClFN4O3S2. The number of carbonyl (C=O) groups excluding carboxylic acids is 1. The SMILES string of the molecule is O=C(Nc1nnc(-c2ccccc2Cl)s1)c1ccc(NS(=O)(=O)c2ccc(F)cc2)cc1. The monoisotopic (exact) mass is 488 g/mol. The lowest BCUT2D eigenvalue weighted by molar-refractivity contribution is 0.102. The Hall–Kier alpha value is -3.34. The van der Waals surface area contributed by atoms with E-state index >= 15 is 0 Å². The van der Waals surface area contributed by atoms with Gasteiger partial charge >= 0.3 is 0 Å². The second-order valence-corrected chi connectivity index (χ2v) is 9.55. The zero-order chi connectivity index (χ0) is 22.7. The molecule has 0 fully saturated rings. The van der Waals surface area contributed by atoms with Crippen molar-refractivity contribution in [2.24, 2.45) is 0 Å². The number of anilines is 2. The van der Waals surface area contributed by atoms with Crippen molar-refractivity contribution in [2.75, 3.05) is 10.0 Å². The average Bonchev–Trinajstić information content (AvgIpc) is 3.22. The smallest absolute Gasteiger partial charge is 0.261 e. The maximum atomic E-state index is 13.0. The molecule has 0 unspecified atom stereocenters. The van der Waals surface area contributed by atoms with Crippen LogP contribution >= 0.6 is 22.9 Å². The second kappa shape index (κ2) is 9.03. The van der Waals surface area contributed by atoms with Crippen molar-refractivity contribution in [3.63, 3.8) is 0 Å². The fourth-order valence-electron chi connectivity index (χ4n) is 2.70. The molecule has 3 aromatic carbocycles. The molecule has 0 bridgehead atoms. The number of aromatic nitrogens is 2. The zero-order valence-corrected chi connectivity index (χ0v) is 18.5. The highest BCUT2D eigenvalue weighted by Crippen LogP contribution is 2.31. The largest absolute Gasteiger partial charge is 0.296 e. The van der Waals surface area contributed by atoms with E-state index in [-0.39, 0.29) is 10.6 Å². The van der Waals surface area contributed by atoms with Crippen molar-refractivity contribution in [3.05, 3.63) is 89.2 Å². The Balaban J connectivity index is 1.44. The predicted octanol–water partition coefficient (Wildman–Crippen LogP) is 5.05. The van der Waals surface area contributed by atoms with Gasteiger partial charge in [0.1, 0.15) is 5.82 Å². The van der Waals surface area contributed by atoms with Crippen LogP contribution in [0.4, 0.5) is 15.2 Å². The molecule has 0 aliphatic heterocycles. The zero-order valence-electron chi connectivity index (χ0n) is 16.1. The maximum absolute atomic E-state index is 13.0. The Labute approximate surface area is 192 Å². The van der Waals surface area contributed by atoms with Gasteiger partial charge in [0.05, 0.1) is 9.92 Å². The van der Waals surface area contributed by atoms with Gasteiger partial charge in [0, 0.05) is 16.8 Å². The third kappa shape index (κ3) is 4.93. The minimum atomic E-state index is -3.88. The number of halogens is 2. The van der Waals surface area contributed by atoms with Crippen LogP contribution < -0.4 is 10.0 Å². The topological polar surface area (TPSA) is 101 Å². The maximum Gasteiger partial charge on any atom is 0.261 e. The van der Waals surface area contributed by atoms with E-state index in [4.69, 9.17) is 11.6 Å². The van der Waals surface area contributed by atoms with Crippen LogP contribution in [0, 0.1) is 5.82 Å². The lowest BCUT2D eigenvalue weighted by Crippen LogP contribution is -2.14. The third-order valence-electron chi connectivity index (χ3n) is 4.27. The first kappa shape index (κ1) is 21.9. The summed E-state index contributed by atoms with van der Waals surface area (Å²) in [6, 6.07) is 17.5. The van der Waals surface area contributed by atoms with Gasteiger partial charge in [0.15, 0.2) is 5.01 Å². The van der Waals surface area contributed by atoms with Gasteiger partial charge in [-0.1, -0.05) is 41.1 Å². The minimum Gasteiger partial charge on any atom is -0.296 e. The molecule has 0 spiro atoms. The summed E-state index contributed by atoms with van der Waals surface area (Å²) >= 11 is 7.34. The second-order valence-electron chi connectivity index (χ2n) is 6.48. The van der Waals surface area contributed by atoms with Crippen molar-refractivity contribution >= 4 is 49.7 Å². The number of benzene rings is 3. The normalized spacial score (nSPS) is 11.2. The Bertz CT molecular complexity index is 1370. The van der Waals surface area contributed by atoms with Crippen LogP contribution in [0.15, 0.2) is 77.7 Å². The molecule has 1 heterocycles. The summed E-state index contributed by atoms with van der Waals surface area (Å²) in [5.74, 6) is -0.964. The summed E-state index contributed by atoms with van der Waals surface area (Å²) in [5.41, 5.74) is 1.26. The first-order chi connectivity index (χ1) is 15.3. The van der Waals surface area contributed by atoms with Gasteiger partial charge in [-0.15, -0.1) is 10.2 Å². The van der Waals surface area contributed by atoms with Crippen LogP contribution in [0.1, 0.15) is 10.4 Å². The summed E-state index contributed by atoms with van der Waals surface area (Å²) in [5, 5.41) is 12.1. The van der Waals surface area contributed by atoms with E-state index in [9.17, 15) is 17.6 Å². The molecule has 4 rings (SSSR count). The Kier molecular flexibility index (Phi) is 6.17. The first-order valence-electron chi connectivity index (χ1n) is 9.10. The number of sulfonamides is 1. The van der Waals surface area contributed by atoms with Gasteiger partial charge in [-0.25, -0.2) is 12.8 Å². The molecule has 32 heavy (non-hydrogen) atoms. The number of rotatable bonds is 6. The summed E-state index contributed by atoms with van der Waals surface area (Å²) in [6.45, 7) is 0. The Morgan fingerprint density at radius 1 is 0.938 bits per heavy atom. The molecule has 2 N–H and O–H groups in total. The van der Waals surface area contributed by atoms with E-state index in [0.717, 1.165) is 12.1 Å². The standard InChI is InChI=1S/C21H14ClFN4O3S2/c22-18-4-2-1-3-17(18)20-25-26-21(31-20)24-19(28)13-5-9-15(10-6-13)27-32(29,30)16-11-7-14(23)8-12-16/h1-12,27H,(H,24,26,28). The predicted molar refractivity (Wildman–Crippen MR) is 122 cm³/mol. The molecule has 7 nitrogen and oxygen atoms in total. The molecule has 0 radical (unpaired) electrons. The summed E-state index contributed by atoms with van der Waals surface area (Å²) < 4.78 is 40.2. The first-order valence-corrected chi connectivity index (χ1v) is 11.8. The van der Waals surface area contributed by atoms with Crippen LogP contribution in [-0.2, 0) is 10.0 Å². The fraction of sp³-hybridized carbons (Fsp3) is 0. The highest BCUT2D eigenvalue weighted by molar-refractivity contribution is 7.92. The number of nitrogens with one attached hydrogen (secondary N) is 2. The van der Waals surface area contributed by atoms with Gasteiger partial charge in [0.25, 0.3) is 15.9 Å². The summed E-state index contributed by atoms with van der Waals surface area (Å²) in [4.78, 5) is 12.4. The van der Waals surface area contributed by atoms with Crippen molar-refractivity contribution in [1.29, 1.82) is 0 Å².